The Labute approximate surface area is 198 Å². The molecule has 1 fully saturated rings. The van der Waals surface area contributed by atoms with Crippen molar-refractivity contribution >= 4 is 25.2 Å². The standard InChI is InChI=1S/C21H30FN6O5P/c1-6-17-18(22)20(33-34(31-12-8-11-23)27(13(2)3)14(4)5)21(32-17)26-15-9-7-10-16(28(29)30)19(15)24-25-26/h7,9-10,13-14,17-18,20-21H,6,8,12H2,1-5H3/t17-,18-,20-,21-,34?/m1/s1. The van der Waals surface area contributed by atoms with Crippen molar-refractivity contribution < 1.29 is 23.1 Å². The number of hydrogen-bond acceptors (Lipinski definition) is 9. The van der Waals surface area contributed by atoms with Gasteiger partial charge in [0, 0.05) is 18.2 Å². The van der Waals surface area contributed by atoms with Crippen LogP contribution in [0, 0.1) is 21.4 Å². The summed E-state index contributed by atoms with van der Waals surface area (Å²) in [5, 5.41) is 28.4. The Morgan fingerprint density at radius 3 is 2.68 bits per heavy atom. The van der Waals surface area contributed by atoms with Crippen LogP contribution in [-0.4, -0.2) is 61.7 Å². The molecule has 34 heavy (non-hydrogen) atoms. The summed E-state index contributed by atoms with van der Waals surface area (Å²) < 4.78 is 37.1. The smallest absolute Gasteiger partial charge is 0.299 e. The highest BCUT2D eigenvalue weighted by molar-refractivity contribution is 7.44. The van der Waals surface area contributed by atoms with Gasteiger partial charge in [-0.1, -0.05) is 18.2 Å². The fourth-order valence-corrected chi connectivity index (χ4v) is 5.74. The van der Waals surface area contributed by atoms with Crippen molar-refractivity contribution in [3.05, 3.63) is 28.3 Å². The van der Waals surface area contributed by atoms with Crippen LogP contribution in [0.2, 0.25) is 0 Å². The fourth-order valence-electron chi connectivity index (χ4n) is 4.01. The summed E-state index contributed by atoms with van der Waals surface area (Å²) in [4.78, 5) is 10.9. The largest absolute Gasteiger partial charge is 0.347 e. The maximum absolute atomic E-state index is 15.6. The zero-order chi connectivity index (χ0) is 25.0. The van der Waals surface area contributed by atoms with Gasteiger partial charge in [0.05, 0.1) is 35.6 Å². The molecule has 1 aromatic heterocycles. The average molecular weight is 496 g/mol. The van der Waals surface area contributed by atoms with Gasteiger partial charge in [-0.15, -0.1) is 5.10 Å². The molecule has 2 heterocycles. The van der Waals surface area contributed by atoms with Crippen molar-refractivity contribution in [2.75, 3.05) is 6.61 Å². The zero-order valence-corrected chi connectivity index (χ0v) is 20.8. The molecule has 0 radical (unpaired) electrons. The van der Waals surface area contributed by atoms with E-state index in [2.05, 4.69) is 10.3 Å². The van der Waals surface area contributed by atoms with Crippen LogP contribution in [0.3, 0.4) is 0 Å². The molecule has 1 unspecified atom stereocenters. The molecule has 1 aliphatic rings. The van der Waals surface area contributed by atoms with Gasteiger partial charge in [-0.05, 0) is 40.2 Å². The fraction of sp³-hybridized carbons (Fsp3) is 0.667. The van der Waals surface area contributed by atoms with Crippen LogP contribution in [0.15, 0.2) is 18.2 Å². The molecule has 0 saturated carbocycles. The lowest BCUT2D eigenvalue weighted by atomic mass is 10.1. The molecular formula is C21H30FN6O5P. The second-order valence-electron chi connectivity index (χ2n) is 8.47. The summed E-state index contributed by atoms with van der Waals surface area (Å²) in [6.45, 7) is 9.90. The molecule has 13 heteroatoms. The topological polar surface area (TPSA) is 129 Å². The van der Waals surface area contributed by atoms with Crippen LogP contribution in [0.25, 0.3) is 11.0 Å². The second-order valence-corrected chi connectivity index (χ2v) is 9.88. The van der Waals surface area contributed by atoms with Crippen LogP contribution < -0.4 is 0 Å². The Morgan fingerprint density at radius 2 is 2.09 bits per heavy atom. The minimum Gasteiger partial charge on any atom is -0.347 e. The Balaban J connectivity index is 1.99. The third-order valence-corrected chi connectivity index (χ3v) is 7.59. The predicted octanol–water partition coefficient (Wildman–Crippen LogP) is 4.65. The lowest BCUT2D eigenvalue weighted by molar-refractivity contribution is -0.383. The minimum absolute atomic E-state index is 0.0313. The van der Waals surface area contributed by atoms with Gasteiger partial charge < -0.3 is 13.8 Å². The number of nitro benzene ring substituents is 1. The summed E-state index contributed by atoms with van der Waals surface area (Å²) in [5.74, 6) is 0. The van der Waals surface area contributed by atoms with E-state index in [1.165, 1.54) is 16.8 Å². The Morgan fingerprint density at radius 1 is 1.38 bits per heavy atom. The van der Waals surface area contributed by atoms with Crippen molar-refractivity contribution in [2.24, 2.45) is 0 Å². The molecule has 1 saturated heterocycles. The first-order valence-electron chi connectivity index (χ1n) is 11.2. The van der Waals surface area contributed by atoms with Crippen LogP contribution in [0.1, 0.15) is 53.7 Å². The number of nitriles is 1. The summed E-state index contributed by atoms with van der Waals surface area (Å²) in [5.41, 5.74) is 0.232. The quantitative estimate of drug-likeness (QED) is 0.189. The molecule has 0 N–H and O–H groups in total. The lowest BCUT2D eigenvalue weighted by Gasteiger charge is -2.37. The third kappa shape index (κ3) is 5.34. The molecule has 186 valence electrons. The van der Waals surface area contributed by atoms with E-state index in [4.69, 9.17) is 19.0 Å². The first kappa shape index (κ1) is 26.3. The number of aromatic nitrogens is 3. The number of ether oxygens (including phenoxy) is 1. The number of non-ortho nitro benzene ring substituents is 1. The maximum Gasteiger partial charge on any atom is 0.299 e. The lowest BCUT2D eigenvalue weighted by Crippen LogP contribution is -2.37. The summed E-state index contributed by atoms with van der Waals surface area (Å²) >= 11 is 0. The molecule has 0 spiro atoms. The van der Waals surface area contributed by atoms with Crippen LogP contribution in [-0.2, 0) is 13.8 Å². The van der Waals surface area contributed by atoms with E-state index in [1.807, 2.05) is 45.4 Å². The number of rotatable bonds is 11. The molecule has 11 nitrogen and oxygen atoms in total. The van der Waals surface area contributed by atoms with Gasteiger partial charge >= 0.3 is 0 Å². The normalized spacial score (nSPS) is 23.8. The molecule has 3 rings (SSSR count). The molecule has 2 aromatic rings. The van der Waals surface area contributed by atoms with Gasteiger partial charge in [-0.2, -0.15) is 5.26 Å². The number of hydrogen-bond donors (Lipinski definition) is 0. The van der Waals surface area contributed by atoms with Gasteiger partial charge in [-0.3, -0.25) is 10.1 Å². The van der Waals surface area contributed by atoms with Crippen LogP contribution in [0.5, 0.6) is 0 Å². The zero-order valence-electron chi connectivity index (χ0n) is 19.9. The van der Waals surface area contributed by atoms with E-state index in [0.717, 1.165) is 0 Å². The van der Waals surface area contributed by atoms with Gasteiger partial charge in [-0.25, -0.2) is 13.7 Å². The van der Waals surface area contributed by atoms with Gasteiger partial charge in [0.15, 0.2) is 17.9 Å². The Hall–Kier alpha value is -2.29. The number of fused-ring (bicyclic) bond motifs is 1. The Bertz CT molecular complexity index is 1020. The highest BCUT2D eigenvalue weighted by Crippen LogP contribution is 2.51. The first-order valence-corrected chi connectivity index (χ1v) is 12.4. The summed E-state index contributed by atoms with van der Waals surface area (Å²) in [6.07, 6.45) is -3.77. The predicted molar refractivity (Wildman–Crippen MR) is 123 cm³/mol. The SMILES string of the molecule is CC[C@H]1O[C@@H](n2nnc3c([N+](=O)[O-])cccc32)[C@H](OP(OCCC#N)N(C(C)C)C(C)C)[C@@H]1F. The van der Waals surface area contributed by atoms with Crippen molar-refractivity contribution in [3.63, 3.8) is 0 Å². The maximum atomic E-state index is 15.6. The Kier molecular flexibility index (Phi) is 8.84. The number of benzene rings is 1. The van der Waals surface area contributed by atoms with E-state index in [1.54, 1.807) is 6.07 Å². The van der Waals surface area contributed by atoms with E-state index >= 15 is 4.39 Å². The highest BCUT2D eigenvalue weighted by atomic mass is 31.2. The number of nitrogens with zero attached hydrogens (tertiary/aromatic N) is 6. The van der Waals surface area contributed by atoms with Crippen molar-refractivity contribution in [2.45, 2.75) is 84.2 Å². The minimum atomic E-state index is -1.75. The van der Waals surface area contributed by atoms with Crippen molar-refractivity contribution in [1.82, 2.24) is 19.7 Å². The monoisotopic (exact) mass is 496 g/mol. The van der Waals surface area contributed by atoms with Crippen molar-refractivity contribution in [1.29, 1.82) is 5.26 Å². The molecule has 0 bridgehead atoms. The molecule has 0 aliphatic carbocycles. The number of halogens is 1. The van der Waals surface area contributed by atoms with E-state index in [0.29, 0.717) is 11.9 Å². The van der Waals surface area contributed by atoms with Gasteiger partial charge in [0.25, 0.3) is 14.2 Å². The van der Waals surface area contributed by atoms with Crippen molar-refractivity contribution in [3.8, 4) is 6.07 Å². The van der Waals surface area contributed by atoms with E-state index in [-0.39, 0.29) is 36.3 Å². The molecule has 0 amide bonds. The third-order valence-electron chi connectivity index (χ3n) is 5.46. The van der Waals surface area contributed by atoms with Crippen LogP contribution >= 0.6 is 8.53 Å². The molecule has 1 aliphatic heterocycles. The van der Waals surface area contributed by atoms with Crippen LogP contribution in [0.4, 0.5) is 10.1 Å². The molecule has 1 aromatic carbocycles. The average Bonchev–Trinajstić information content (AvgIpc) is 3.34. The number of alkyl halides is 1. The number of nitro groups is 1. The summed E-state index contributed by atoms with van der Waals surface area (Å²) in [7, 11) is -1.75. The molecule has 5 atom stereocenters. The van der Waals surface area contributed by atoms with E-state index < -0.39 is 38.1 Å². The van der Waals surface area contributed by atoms with E-state index in [9.17, 15) is 10.1 Å². The van der Waals surface area contributed by atoms with Gasteiger partial charge in [0.2, 0.25) is 0 Å². The van der Waals surface area contributed by atoms with Gasteiger partial charge in [0.1, 0.15) is 6.10 Å². The first-order chi connectivity index (χ1) is 16.2. The summed E-state index contributed by atoms with van der Waals surface area (Å²) in [6, 6.07) is 6.58. The molecular weight excluding hydrogens is 466 g/mol. The second kappa shape index (κ2) is 11.4. The highest BCUT2D eigenvalue weighted by Gasteiger charge is 2.49.